The van der Waals surface area contributed by atoms with Crippen molar-refractivity contribution >= 4 is 11.5 Å². The molecule has 0 aliphatic carbocycles. The molecule has 0 radical (unpaired) electrons. The largest absolute Gasteiger partial charge is 0.382 e. The van der Waals surface area contributed by atoms with E-state index in [1.54, 1.807) is 6.20 Å². The molecule has 1 aromatic carbocycles. The first-order valence-corrected chi connectivity index (χ1v) is 5.34. The summed E-state index contributed by atoms with van der Waals surface area (Å²) in [4.78, 5) is 0. The number of benzene rings is 1. The molecule has 0 fully saturated rings. The van der Waals surface area contributed by atoms with Gasteiger partial charge in [0, 0.05) is 6.54 Å². The van der Waals surface area contributed by atoms with Crippen molar-refractivity contribution in [1.82, 2.24) is 10.2 Å². The fourth-order valence-electron chi connectivity index (χ4n) is 1.65. The van der Waals surface area contributed by atoms with E-state index in [1.165, 1.54) is 11.1 Å². The zero-order valence-electron chi connectivity index (χ0n) is 9.33. The van der Waals surface area contributed by atoms with Gasteiger partial charge in [0.2, 0.25) is 0 Å². The van der Waals surface area contributed by atoms with E-state index in [9.17, 15) is 0 Å². The van der Waals surface area contributed by atoms with Gasteiger partial charge in [0.25, 0.3) is 0 Å². The summed E-state index contributed by atoms with van der Waals surface area (Å²) in [5, 5.41) is 9.78. The maximum atomic E-state index is 5.66. The van der Waals surface area contributed by atoms with Gasteiger partial charge in [0.15, 0.2) is 0 Å². The Hall–Kier alpha value is -1.97. The second-order valence-corrected chi connectivity index (χ2v) is 3.86. The molecule has 1 aromatic heterocycles. The van der Waals surface area contributed by atoms with Gasteiger partial charge in [0.1, 0.15) is 5.82 Å². The van der Waals surface area contributed by atoms with Crippen LogP contribution >= 0.6 is 0 Å². The number of aromatic amines is 1. The Morgan fingerprint density at radius 1 is 1.44 bits per heavy atom. The number of hydrogen-bond donors (Lipinski definition) is 3. The van der Waals surface area contributed by atoms with Crippen LogP contribution in [0.5, 0.6) is 0 Å². The van der Waals surface area contributed by atoms with Gasteiger partial charge >= 0.3 is 0 Å². The second-order valence-electron chi connectivity index (χ2n) is 3.86. The predicted molar refractivity (Wildman–Crippen MR) is 66.4 cm³/mol. The number of nitrogens with one attached hydrogen (secondary N) is 2. The summed E-state index contributed by atoms with van der Waals surface area (Å²) in [5.74, 6) is 0.587. The summed E-state index contributed by atoms with van der Waals surface area (Å²) >= 11 is 0. The number of rotatable bonds is 4. The zero-order valence-corrected chi connectivity index (χ0v) is 9.33. The maximum Gasteiger partial charge on any atom is 0.142 e. The molecule has 4 N–H and O–H groups in total. The molecular formula is C12H16N4. The van der Waals surface area contributed by atoms with Crippen molar-refractivity contribution in [3.8, 4) is 0 Å². The Morgan fingerprint density at radius 3 is 3.00 bits per heavy atom. The Labute approximate surface area is 94.9 Å². The van der Waals surface area contributed by atoms with Crippen LogP contribution in [0.15, 0.2) is 30.5 Å². The van der Waals surface area contributed by atoms with Crippen molar-refractivity contribution in [1.29, 1.82) is 0 Å². The molecule has 0 spiro atoms. The van der Waals surface area contributed by atoms with E-state index >= 15 is 0 Å². The van der Waals surface area contributed by atoms with E-state index in [-0.39, 0.29) is 0 Å². The summed E-state index contributed by atoms with van der Waals surface area (Å²) < 4.78 is 0. The smallest absolute Gasteiger partial charge is 0.142 e. The molecule has 4 nitrogen and oxygen atoms in total. The first-order chi connectivity index (χ1) is 7.75. The number of anilines is 2. The Morgan fingerprint density at radius 2 is 2.31 bits per heavy atom. The van der Waals surface area contributed by atoms with Gasteiger partial charge in [-0.2, -0.15) is 5.10 Å². The number of nitrogens with zero attached hydrogens (tertiary/aromatic N) is 1. The van der Waals surface area contributed by atoms with Crippen LogP contribution in [0.25, 0.3) is 0 Å². The van der Waals surface area contributed by atoms with Gasteiger partial charge in [0.05, 0.1) is 11.9 Å². The van der Waals surface area contributed by atoms with Crippen LogP contribution < -0.4 is 11.1 Å². The SMILES string of the molecule is Cc1cccc(CCNc2cn[nH]c2N)c1. The Bertz CT molecular complexity index is 462. The lowest BCUT2D eigenvalue weighted by Crippen LogP contribution is -2.05. The van der Waals surface area contributed by atoms with Crippen LogP contribution in [0.1, 0.15) is 11.1 Å². The fourth-order valence-corrected chi connectivity index (χ4v) is 1.65. The van der Waals surface area contributed by atoms with Crippen molar-refractivity contribution in [2.75, 3.05) is 17.6 Å². The van der Waals surface area contributed by atoms with Gasteiger partial charge in [-0.15, -0.1) is 0 Å². The molecule has 0 saturated heterocycles. The molecule has 1 heterocycles. The molecule has 0 saturated carbocycles. The van der Waals surface area contributed by atoms with Crippen molar-refractivity contribution < 1.29 is 0 Å². The molecule has 16 heavy (non-hydrogen) atoms. The van der Waals surface area contributed by atoms with Gasteiger partial charge in [-0.1, -0.05) is 29.8 Å². The first kappa shape index (κ1) is 10.5. The summed E-state index contributed by atoms with van der Waals surface area (Å²) in [5.41, 5.74) is 9.15. The van der Waals surface area contributed by atoms with Crippen LogP contribution in [0.3, 0.4) is 0 Å². The quantitative estimate of drug-likeness (QED) is 0.731. The van der Waals surface area contributed by atoms with Crippen LogP contribution in [0.2, 0.25) is 0 Å². The Balaban J connectivity index is 1.87. The molecule has 0 unspecified atom stereocenters. The van der Waals surface area contributed by atoms with Crippen LogP contribution in [0, 0.1) is 6.92 Å². The summed E-state index contributed by atoms with van der Waals surface area (Å²) in [6.07, 6.45) is 2.68. The van der Waals surface area contributed by atoms with E-state index in [4.69, 9.17) is 5.73 Å². The summed E-state index contributed by atoms with van der Waals surface area (Å²) in [7, 11) is 0. The van der Waals surface area contributed by atoms with E-state index in [0.717, 1.165) is 18.7 Å². The predicted octanol–water partition coefficient (Wildman–Crippen LogP) is 1.95. The van der Waals surface area contributed by atoms with Crippen molar-refractivity contribution in [2.45, 2.75) is 13.3 Å². The highest BCUT2D eigenvalue weighted by Gasteiger charge is 1.99. The van der Waals surface area contributed by atoms with E-state index in [1.807, 2.05) is 0 Å². The highest BCUT2D eigenvalue weighted by molar-refractivity contribution is 5.59. The van der Waals surface area contributed by atoms with Crippen molar-refractivity contribution in [2.24, 2.45) is 0 Å². The standard InChI is InChI=1S/C12H16N4/c1-9-3-2-4-10(7-9)5-6-14-11-8-15-16-12(11)13/h2-4,7-8,14H,5-6H2,1H3,(H3,13,15,16). The molecule has 0 atom stereocenters. The molecular weight excluding hydrogens is 200 g/mol. The molecule has 0 bridgehead atoms. The number of aryl methyl sites for hydroxylation is 1. The fraction of sp³-hybridized carbons (Fsp3) is 0.250. The molecule has 84 valence electrons. The van der Waals surface area contributed by atoms with Crippen LogP contribution in [-0.4, -0.2) is 16.7 Å². The average Bonchev–Trinajstić information content (AvgIpc) is 2.65. The lowest BCUT2D eigenvalue weighted by Gasteiger charge is -2.05. The highest BCUT2D eigenvalue weighted by Crippen LogP contribution is 2.13. The maximum absolute atomic E-state index is 5.66. The number of nitrogens with two attached hydrogens (primary N) is 1. The van der Waals surface area contributed by atoms with Crippen LogP contribution in [-0.2, 0) is 6.42 Å². The zero-order chi connectivity index (χ0) is 11.4. The van der Waals surface area contributed by atoms with E-state index in [0.29, 0.717) is 5.82 Å². The molecule has 0 aliphatic heterocycles. The minimum Gasteiger partial charge on any atom is -0.382 e. The van der Waals surface area contributed by atoms with E-state index < -0.39 is 0 Å². The third-order valence-electron chi connectivity index (χ3n) is 2.48. The lowest BCUT2D eigenvalue weighted by atomic mass is 10.1. The highest BCUT2D eigenvalue weighted by atomic mass is 15.2. The van der Waals surface area contributed by atoms with Gasteiger partial charge in [-0.25, -0.2) is 0 Å². The summed E-state index contributed by atoms with van der Waals surface area (Å²) in [6.45, 7) is 2.96. The Kier molecular flexibility index (Phi) is 3.10. The van der Waals surface area contributed by atoms with Crippen LogP contribution in [0.4, 0.5) is 11.5 Å². The van der Waals surface area contributed by atoms with Gasteiger partial charge < -0.3 is 11.1 Å². The lowest BCUT2D eigenvalue weighted by molar-refractivity contribution is 1.02. The minimum atomic E-state index is 0.587. The number of aromatic nitrogens is 2. The molecule has 2 rings (SSSR count). The first-order valence-electron chi connectivity index (χ1n) is 5.34. The number of hydrogen-bond acceptors (Lipinski definition) is 3. The van der Waals surface area contributed by atoms with Gasteiger partial charge in [-0.3, -0.25) is 5.10 Å². The summed E-state index contributed by atoms with van der Waals surface area (Å²) in [6, 6.07) is 8.51. The van der Waals surface area contributed by atoms with Crippen molar-refractivity contribution in [3.05, 3.63) is 41.6 Å². The molecule has 0 amide bonds. The number of nitrogen functional groups attached to an aromatic ring is 1. The molecule has 2 aromatic rings. The molecule has 4 heteroatoms. The second kappa shape index (κ2) is 4.70. The molecule has 0 aliphatic rings. The third-order valence-corrected chi connectivity index (χ3v) is 2.48. The number of H-pyrrole nitrogens is 1. The van der Waals surface area contributed by atoms with E-state index in [2.05, 4.69) is 46.7 Å². The average molecular weight is 216 g/mol. The monoisotopic (exact) mass is 216 g/mol. The normalized spacial score (nSPS) is 10.3. The van der Waals surface area contributed by atoms with Gasteiger partial charge in [-0.05, 0) is 18.9 Å². The van der Waals surface area contributed by atoms with Crippen molar-refractivity contribution in [3.63, 3.8) is 0 Å². The topological polar surface area (TPSA) is 66.7 Å². The third kappa shape index (κ3) is 2.53. The minimum absolute atomic E-state index is 0.587.